The molecule has 0 aliphatic carbocycles. The highest BCUT2D eigenvalue weighted by molar-refractivity contribution is 7.47. The Hall–Kier alpha value is -2.11. The van der Waals surface area contributed by atoms with Crippen LogP contribution in [0.4, 0.5) is 0 Å². The molecule has 0 bridgehead atoms. The van der Waals surface area contributed by atoms with Gasteiger partial charge in [-0.15, -0.1) is 0 Å². The second kappa shape index (κ2) is 36.5. The predicted octanol–water partition coefficient (Wildman–Crippen LogP) is 9.38. The topological polar surface area (TPSA) is 169 Å². The van der Waals surface area contributed by atoms with Crippen molar-refractivity contribution in [3.8, 4) is 0 Å². The van der Waals surface area contributed by atoms with Gasteiger partial charge in [-0.2, -0.15) is 0 Å². The first-order chi connectivity index (χ1) is 26.0. The van der Waals surface area contributed by atoms with E-state index in [1.54, 1.807) is 6.08 Å². The molecular formula is C42H75O11P. The Morgan fingerprint density at radius 2 is 1.30 bits per heavy atom. The number of carbonyl (C=O) groups is 2. The third kappa shape index (κ3) is 36.8. The zero-order valence-electron chi connectivity index (χ0n) is 33.7. The first kappa shape index (κ1) is 51.9. The quantitative estimate of drug-likeness (QED) is 0.0156. The van der Waals surface area contributed by atoms with Gasteiger partial charge in [-0.05, 0) is 50.9 Å². The van der Waals surface area contributed by atoms with Crippen LogP contribution in [0, 0.1) is 5.92 Å². The zero-order chi connectivity index (χ0) is 40.1. The molecule has 0 spiro atoms. The summed E-state index contributed by atoms with van der Waals surface area (Å²) in [5.41, 5.74) is 0. The third-order valence-electron chi connectivity index (χ3n) is 8.49. The first-order valence-electron chi connectivity index (χ1n) is 20.6. The highest BCUT2D eigenvalue weighted by Crippen LogP contribution is 2.43. The summed E-state index contributed by atoms with van der Waals surface area (Å²) in [7, 11) is -4.64. The van der Waals surface area contributed by atoms with E-state index >= 15 is 0 Å². The van der Waals surface area contributed by atoms with E-state index in [0.717, 1.165) is 31.6 Å². The summed E-state index contributed by atoms with van der Waals surface area (Å²) in [5.74, 6) is -0.258. The van der Waals surface area contributed by atoms with Gasteiger partial charge in [-0.1, -0.05) is 146 Å². The standard InChI is InChI=1S/C42H75O11P/c1-4-5-6-7-13-19-24-29-38(44)30-25-20-15-12-17-21-26-31-41(46)50-35-40(36-52-54(48,49)51-34-39(45)33-43)53-42(47)32-27-22-16-11-9-8-10-14-18-23-28-37(2)3/h12-13,17,19-20,24-25,29,37-40,43-45H,4-11,14-16,18,21-23,26-28,30-36H2,1-3H3,(H,48,49)/b17-12+,19-13-,25-20-,29-24-/t38-,39+,40-/m1/s1. The Labute approximate surface area is 326 Å². The fraction of sp³-hybridized carbons (Fsp3) is 0.762. The van der Waals surface area contributed by atoms with E-state index in [1.165, 1.54) is 64.2 Å². The van der Waals surface area contributed by atoms with Crippen molar-refractivity contribution in [2.45, 2.75) is 174 Å². The van der Waals surface area contributed by atoms with Crippen LogP contribution in [0.25, 0.3) is 0 Å². The molecule has 4 atom stereocenters. The van der Waals surface area contributed by atoms with E-state index in [-0.39, 0.29) is 19.4 Å². The lowest BCUT2D eigenvalue weighted by atomic mass is 10.0. The molecule has 12 heteroatoms. The molecule has 314 valence electrons. The molecule has 0 saturated heterocycles. The van der Waals surface area contributed by atoms with Crippen LogP contribution in [0.15, 0.2) is 48.6 Å². The van der Waals surface area contributed by atoms with Crippen LogP contribution < -0.4 is 0 Å². The molecule has 0 aromatic carbocycles. The molecular weight excluding hydrogens is 711 g/mol. The van der Waals surface area contributed by atoms with E-state index in [2.05, 4.69) is 31.4 Å². The second-order valence-corrected chi connectivity index (χ2v) is 15.8. The summed E-state index contributed by atoms with van der Waals surface area (Å²) in [6.45, 7) is 4.48. The number of hydrogen-bond donors (Lipinski definition) is 4. The number of ether oxygens (including phenoxy) is 2. The molecule has 4 N–H and O–H groups in total. The van der Waals surface area contributed by atoms with Crippen LogP contribution >= 0.6 is 7.82 Å². The average molecular weight is 787 g/mol. The predicted molar refractivity (Wildman–Crippen MR) is 216 cm³/mol. The number of phosphoric acid groups is 1. The Kier molecular flexibility index (Phi) is 35.1. The maximum Gasteiger partial charge on any atom is 0.472 e. The maximum absolute atomic E-state index is 12.6. The Morgan fingerprint density at radius 3 is 1.96 bits per heavy atom. The second-order valence-electron chi connectivity index (χ2n) is 14.3. The highest BCUT2D eigenvalue weighted by atomic mass is 31.2. The molecule has 0 amide bonds. The van der Waals surface area contributed by atoms with Crippen molar-refractivity contribution in [3.63, 3.8) is 0 Å². The summed E-state index contributed by atoms with van der Waals surface area (Å²) >= 11 is 0. The van der Waals surface area contributed by atoms with Crippen LogP contribution in [-0.2, 0) is 32.7 Å². The summed E-state index contributed by atoms with van der Waals surface area (Å²) < 4.78 is 32.6. The van der Waals surface area contributed by atoms with Crippen molar-refractivity contribution < 1.29 is 52.9 Å². The van der Waals surface area contributed by atoms with Crippen molar-refractivity contribution in [1.29, 1.82) is 0 Å². The normalized spacial score (nSPS) is 15.1. The van der Waals surface area contributed by atoms with Crippen LogP contribution in [0.5, 0.6) is 0 Å². The lowest BCUT2D eigenvalue weighted by Gasteiger charge is -2.20. The van der Waals surface area contributed by atoms with Crippen LogP contribution in [-0.4, -0.2) is 76.9 Å². The number of aliphatic hydroxyl groups excluding tert-OH is 3. The number of esters is 2. The molecule has 0 heterocycles. The lowest BCUT2D eigenvalue weighted by Crippen LogP contribution is -2.29. The van der Waals surface area contributed by atoms with Crippen LogP contribution in [0.2, 0.25) is 0 Å². The minimum Gasteiger partial charge on any atom is -0.462 e. The van der Waals surface area contributed by atoms with Crippen molar-refractivity contribution in [2.75, 3.05) is 26.4 Å². The van der Waals surface area contributed by atoms with Crippen molar-refractivity contribution >= 4 is 19.8 Å². The van der Waals surface area contributed by atoms with Gasteiger partial charge in [0, 0.05) is 12.8 Å². The third-order valence-corrected chi connectivity index (χ3v) is 9.45. The summed E-state index contributed by atoms with van der Waals surface area (Å²) in [4.78, 5) is 34.9. The number of aliphatic hydroxyl groups is 3. The highest BCUT2D eigenvalue weighted by Gasteiger charge is 2.27. The SMILES string of the molecule is CCCCC/C=C\C=C/[C@@H](O)C/C=C\C/C=C/CCCC(=O)OC[C@H](COP(=O)(O)OC[C@@H](O)CO)OC(=O)CCCCCCCCCCCCC(C)C. The Bertz CT molecular complexity index is 1070. The van der Waals surface area contributed by atoms with E-state index in [4.69, 9.17) is 19.1 Å². The van der Waals surface area contributed by atoms with Gasteiger partial charge in [0.15, 0.2) is 6.10 Å². The van der Waals surface area contributed by atoms with Crippen molar-refractivity contribution in [3.05, 3.63) is 48.6 Å². The molecule has 0 aromatic heterocycles. The van der Waals surface area contributed by atoms with Gasteiger partial charge < -0.3 is 29.7 Å². The molecule has 1 unspecified atom stereocenters. The molecule has 0 aliphatic heterocycles. The first-order valence-corrected chi connectivity index (χ1v) is 22.1. The molecule has 0 aromatic rings. The van der Waals surface area contributed by atoms with Crippen molar-refractivity contribution in [2.24, 2.45) is 5.92 Å². The number of unbranched alkanes of at least 4 members (excludes halogenated alkanes) is 13. The van der Waals surface area contributed by atoms with E-state index < -0.39 is 57.9 Å². The maximum atomic E-state index is 12.6. The van der Waals surface area contributed by atoms with Gasteiger partial charge in [0.1, 0.15) is 12.7 Å². The van der Waals surface area contributed by atoms with Gasteiger partial charge in [-0.3, -0.25) is 18.6 Å². The summed E-state index contributed by atoms with van der Waals surface area (Å²) in [6.07, 6.45) is 32.6. The zero-order valence-corrected chi connectivity index (χ0v) is 34.6. The molecule has 0 fully saturated rings. The molecule has 0 saturated carbocycles. The van der Waals surface area contributed by atoms with Gasteiger partial charge >= 0.3 is 19.8 Å². The van der Waals surface area contributed by atoms with E-state index in [1.807, 2.05) is 36.5 Å². The van der Waals surface area contributed by atoms with E-state index in [0.29, 0.717) is 32.1 Å². The molecule has 0 radical (unpaired) electrons. The molecule has 11 nitrogen and oxygen atoms in total. The van der Waals surface area contributed by atoms with Crippen LogP contribution in [0.1, 0.15) is 156 Å². The number of rotatable bonds is 37. The fourth-order valence-electron chi connectivity index (χ4n) is 5.25. The minimum absolute atomic E-state index is 0.131. The van der Waals surface area contributed by atoms with Gasteiger partial charge in [-0.25, -0.2) is 4.57 Å². The number of phosphoric ester groups is 1. The number of carbonyl (C=O) groups excluding carboxylic acids is 2. The average Bonchev–Trinajstić information content (AvgIpc) is 3.14. The van der Waals surface area contributed by atoms with Crippen LogP contribution in [0.3, 0.4) is 0 Å². The summed E-state index contributed by atoms with van der Waals surface area (Å²) in [5, 5.41) is 28.3. The van der Waals surface area contributed by atoms with Gasteiger partial charge in [0.2, 0.25) is 0 Å². The molecule has 54 heavy (non-hydrogen) atoms. The smallest absolute Gasteiger partial charge is 0.462 e. The van der Waals surface area contributed by atoms with Crippen molar-refractivity contribution in [1.82, 2.24) is 0 Å². The van der Waals surface area contributed by atoms with Gasteiger partial charge in [0.05, 0.1) is 25.9 Å². The van der Waals surface area contributed by atoms with Gasteiger partial charge in [0.25, 0.3) is 0 Å². The monoisotopic (exact) mass is 787 g/mol. The lowest BCUT2D eigenvalue weighted by molar-refractivity contribution is -0.161. The fourth-order valence-corrected chi connectivity index (χ4v) is 6.04. The largest absolute Gasteiger partial charge is 0.472 e. The molecule has 0 aliphatic rings. The summed E-state index contributed by atoms with van der Waals surface area (Å²) in [6, 6.07) is 0. The Morgan fingerprint density at radius 1 is 0.685 bits per heavy atom. The number of allylic oxidation sites excluding steroid dienone is 6. The minimum atomic E-state index is -4.64. The van der Waals surface area contributed by atoms with E-state index in [9.17, 15) is 29.3 Å². The number of hydrogen-bond acceptors (Lipinski definition) is 10. The molecule has 0 rings (SSSR count). The Balaban J connectivity index is 4.49.